The summed E-state index contributed by atoms with van der Waals surface area (Å²) in [5.41, 5.74) is 5.53. The van der Waals surface area contributed by atoms with Gasteiger partial charge in [-0.05, 0) is 18.4 Å². The lowest BCUT2D eigenvalue weighted by Crippen LogP contribution is -1.89. The Labute approximate surface area is 94.6 Å². The van der Waals surface area contributed by atoms with E-state index in [4.69, 9.17) is 5.73 Å². The molecule has 0 radical (unpaired) electrons. The zero-order chi connectivity index (χ0) is 11.7. The fraction of sp³-hybridized carbons (Fsp3) is 0.100. The van der Waals surface area contributed by atoms with Gasteiger partial charge in [-0.25, -0.2) is 8.78 Å². The van der Waals surface area contributed by atoms with Crippen LogP contribution in [0.2, 0.25) is 0 Å². The van der Waals surface area contributed by atoms with Crippen LogP contribution in [0.5, 0.6) is 0 Å². The van der Waals surface area contributed by atoms with Crippen molar-refractivity contribution < 1.29 is 13.3 Å². The number of anilines is 1. The van der Waals surface area contributed by atoms with E-state index in [2.05, 4.69) is 9.68 Å². The van der Waals surface area contributed by atoms with Crippen molar-refractivity contribution in [2.45, 2.75) is 4.90 Å². The third kappa shape index (κ3) is 1.88. The summed E-state index contributed by atoms with van der Waals surface area (Å²) in [6.45, 7) is 0. The highest BCUT2D eigenvalue weighted by Gasteiger charge is 2.14. The van der Waals surface area contributed by atoms with E-state index < -0.39 is 11.6 Å². The van der Waals surface area contributed by atoms with E-state index in [-0.39, 0.29) is 22.0 Å². The van der Waals surface area contributed by atoms with Crippen LogP contribution in [-0.2, 0) is 0 Å². The van der Waals surface area contributed by atoms with Gasteiger partial charge < -0.3 is 10.3 Å². The van der Waals surface area contributed by atoms with Crippen molar-refractivity contribution in [3.8, 4) is 11.3 Å². The van der Waals surface area contributed by atoms with Crippen LogP contribution in [0.15, 0.2) is 27.6 Å². The Bertz CT molecular complexity index is 528. The molecule has 0 amide bonds. The van der Waals surface area contributed by atoms with Crippen LogP contribution in [0.1, 0.15) is 0 Å². The van der Waals surface area contributed by atoms with Crippen molar-refractivity contribution >= 4 is 17.6 Å². The lowest BCUT2D eigenvalue weighted by molar-refractivity contribution is 0.438. The van der Waals surface area contributed by atoms with Crippen LogP contribution in [0.25, 0.3) is 11.3 Å². The summed E-state index contributed by atoms with van der Waals surface area (Å²) in [7, 11) is 0. The second-order valence-electron chi connectivity index (χ2n) is 3.08. The van der Waals surface area contributed by atoms with Crippen LogP contribution in [0, 0.1) is 11.6 Å². The van der Waals surface area contributed by atoms with Crippen LogP contribution in [-0.4, -0.2) is 11.4 Å². The Morgan fingerprint density at radius 2 is 2.00 bits per heavy atom. The molecule has 1 heterocycles. The molecule has 0 aliphatic carbocycles. The molecule has 0 aliphatic heterocycles. The van der Waals surface area contributed by atoms with Gasteiger partial charge in [0.1, 0.15) is 17.3 Å². The molecule has 3 nitrogen and oxygen atoms in total. The lowest BCUT2D eigenvalue weighted by Gasteiger charge is -2.03. The highest BCUT2D eigenvalue weighted by atomic mass is 32.2. The summed E-state index contributed by atoms with van der Waals surface area (Å²) in [6, 6.07) is 3.55. The van der Waals surface area contributed by atoms with Crippen LogP contribution < -0.4 is 5.73 Å². The standard InChI is InChI=1S/C10H8F2N2OS/c1-16-9-3-6(11)5(2-7(9)12)8-4-10(13)15-14-8/h2-4H,13H2,1H3. The van der Waals surface area contributed by atoms with Gasteiger partial charge in [0.05, 0.1) is 0 Å². The zero-order valence-corrected chi connectivity index (χ0v) is 9.15. The van der Waals surface area contributed by atoms with Gasteiger partial charge in [0.2, 0.25) is 5.88 Å². The van der Waals surface area contributed by atoms with Gasteiger partial charge in [-0.3, -0.25) is 0 Å². The molecule has 0 saturated carbocycles. The van der Waals surface area contributed by atoms with Crippen molar-refractivity contribution in [3.05, 3.63) is 29.8 Å². The Hall–Kier alpha value is -1.56. The highest BCUT2D eigenvalue weighted by Crippen LogP contribution is 2.29. The molecule has 0 aliphatic rings. The molecule has 6 heteroatoms. The van der Waals surface area contributed by atoms with E-state index in [0.29, 0.717) is 0 Å². The lowest BCUT2D eigenvalue weighted by atomic mass is 10.1. The van der Waals surface area contributed by atoms with E-state index >= 15 is 0 Å². The summed E-state index contributed by atoms with van der Waals surface area (Å²) in [5.74, 6) is -0.992. The Balaban J connectivity index is 2.54. The molecular weight excluding hydrogens is 234 g/mol. The fourth-order valence-corrected chi connectivity index (χ4v) is 1.77. The van der Waals surface area contributed by atoms with Crippen LogP contribution in [0.4, 0.5) is 14.7 Å². The molecular formula is C10H8F2N2OS. The molecule has 2 rings (SSSR count). The van der Waals surface area contributed by atoms with Crippen molar-refractivity contribution in [1.29, 1.82) is 0 Å². The summed E-state index contributed by atoms with van der Waals surface area (Å²) >= 11 is 1.14. The number of hydrogen-bond acceptors (Lipinski definition) is 4. The first kappa shape index (κ1) is 10.9. The number of nitrogens with zero attached hydrogens (tertiary/aromatic N) is 1. The largest absolute Gasteiger partial charge is 0.368 e. The van der Waals surface area contributed by atoms with E-state index in [1.54, 1.807) is 6.26 Å². The summed E-state index contributed by atoms with van der Waals surface area (Å²) < 4.78 is 31.7. The number of aromatic nitrogens is 1. The van der Waals surface area contributed by atoms with Crippen molar-refractivity contribution in [1.82, 2.24) is 5.16 Å². The van der Waals surface area contributed by atoms with Crippen LogP contribution >= 0.6 is 11.8 Å². The number of nitrogen functional groups attached to an aromatic ring is 1. The first-order chi connectivity index (χ1) is 7.61. The predicted molar refractivity (Wildman–Crippen MR) is 58.0 cm³/mol. The Morgan fingerprint density at radius 1 is 1.25 bits per heavy atom. The van der Waals surface area contributed by atoms with Gasteiger partial charge in [0.15, 0.2) is 0 Å². The number of halogens is 2. The molecule has 16 heavy (non-hydrogen) atoms. The Kier molecular flexibility index (Phi) is 2.82. The van der Waals surface area contributed by atoms with Gasteiger partial charge in [-0.2, -0.15) is 0 Å². The quantitative estimate of drug-likeness (QED) is 0.822. The molecule has 0 atom stereocenters. The zero-order valence-electron chi connectivity index (χ0n) is 8.33. The molecule has 0 spiro atoms. The van der Waals surface area contributed by atoms with Crippen molar-refractivity contribution in [2.75, 3.05) is 12.0 Å². The fourth-order valence-electron chi connectivity index (χ4n) is 1.30. The number of nitrogens with two attached hydrogens (primary N) is 1. The SMILES string of the molecule is CSc1cc(F)c(-c2cc(N)on2)cc1F. The minimum atomic E-state index is -0.556. The summed E-state index contributed by atoms with van der Waals surface area (Å²) in [6.07, 6.45) is 1.67. The average Bonchev–Trinajstić information content (AvgIpc) is 2.67. The number of thioether (sulfide) groups is 1. The molecule has 1 aromatic carbocycles. The van der Waals surface area contributed by atoms with Gasteiger partial charge in [-0.15, -0.1) is 11.8 Å². The third-order valence-electron chi connectivity index (χ3n) is 2.05. The smallest absolute Gasteiger partial charge is 0.222 e. The number of hydrogen-bond donors (Lipinski definition) is 1. The molecule has 0 bridgehead atoms. The minimum absolute atomic E-state index is 0.0377. The molecule has 0 unspecified atom stereocenters. The van der Waals surface area contributed by atoms with Gasteiger partial charge in [0, 0.05) is 16.5 Å². The molecule has 1 aromatic heterocycles. The second kappa shape index (κ2) is 4.13. The third-order valence-corrected chi connectivity index (χ3v) is 2.80. The van der Waals surface area contributed by atoms with Crippen LogP contribution in [0.3, 0.4) is 0 Å². The summed E-state index contributed by atoms with van der Waals surface area (Å²) in [4.78, 5) is 0.248. The molecule has 0 saturated heterocycles. The van der Waals surface area contributed by atoms with E-state index in [1.807, 2.05) is 0 Å². The first-order valence-electron chi connectivity index (χ1n) is 4.37. The number of benzene rings is 1. The molecule has 84 valence electrons. The Morgan fingerprint density at radius 3 is 2.56 bits per heavy atom. The van der Waals surface area contributed by atoms with E-state index in [9.17, 15) is 8.78 Å². The molecule has 0 fully saturated rings. The maximum Gasteiger partial charge on any atom is 0.222 e. The van der Waals surface area contributed by atoms with Crippen molar-refractivity contribution in [2.24, 2.45) is 0 Å². The van der Waals surface area contributed by atoms with E-state index in [0.717, 1.165) is 23.9 Å². The normalized spacial score (nSPS) is 10.7. The van der Waals surface area contributed by atoms with Gasteiger partial charge in [-0.1, -0.05) is 5.16 Å². The molecule has 2 N–H and O–H groups in total. The maximum absolute atomic E-state index is 13.6. The minimum Gasteiger partial charge on any atom is -0.368 e. The first-order valence-corrected chi connectivity index (χ1v) is 5.60. The highest BCUT2D eigenvalue weighted by molar-refractivity contribution is 7.98. The topological polar surface area (TPSA) is 52.0 Å². The van der Waals surface area contributed by atoms with Gasteiger partial charge >= 0.3 is 0 Å². The average molecular weight is 242 g/mol. The predicted octanol–water partition coefficient (Wildman–Crippen LogP) is 2.92. The molecule has 2 aromatic rings. The van der Waals surface area contributed by atoms with Crippen molar-refractivity contribution in [3.63, 3.8) is 0 Å². The maximum atomic E-state index is 13.6. The monoisotopic (exact) mass is 242 g/mol. The number of rotatable bonds is 2. The summed E-state index contributed by atoms with van der Waals surface area (Å²) in [5, 5.41) is 3.53. The van der Waals surface area contributed by atoms with E-state index in [1.165, 1.54) is 6.07 Å². The van der Waals surface area contributed by atoms with Gasteiger partial charge in [0.25, 0.3) is 0 Å². The second-order valence-corrected chi connectivity index (χ2v) is 3.93.